The van der Waals surface area contributed by atoms with Gasteiger partial charge in [0.15, 0.2) is 5.78 Å². The maximum atomic E-state index is 12.0. The predicted molar refractivity (Wildman–Crippen MR) is 79.1 cm³/mol. The van der Waals surface area contributed by atoms with Crippen molar-refractivity contribution in [2.45, 2.75) is 6.92 Å². The zero-order valence-electron chi connectivity index (χ0n) is 11.2. The molecule has 3 heteroatoms. The van der Waals surface area contributed by atoms with Gasteiger partial charge in [-0.05, 0) is 55.0 Å². The van der Waals surface area contributed by atoms with E-state index in [4.69, 9.17) is 4.74 Å². The first-order valence-electron chi connectivity index (χ1n) is 6.43. The summed E-state index contributed by atoms with van der Waals surface area (Å²) in [6.07, 6.45) is 3.24. The number of phenolic OH excluding ortho intramolecular Hbond substituents is 1. The second kappa shape index (κ2) is 6.57. The summed E-state index contributed by atoms with van der Waals surface area (Å²) < 4.78 is 5.33. The van der Waals surface area contributed by atoms with Crippen molar-refractivity contribution < 1.29 is 14.6 Å². The van der Waals surface area contributed by atoms with Crippen molar-refractivity contribution in [3.63, 3.8) is 0 Å². The van der Waals surface area contributed by atoms with Crippen LogP contribution in [0, 0.1) is 0 Å². The van der Waals surface area contributed by atoms with E-state index in [9.17, 15) is 9.90 Å². The van der Waals surface area contributed by atoms with Gasteiger partial charge in [0.05, 0.1) is 6.61 Å². The van der Waals surface area contributed by atoms with Crippen molar-refractivity contribution in [3.8, 4) is 11.5 Å². The van der Waals surface area contributed by atoms with Crippen LogP contribution in [0.25, 0.3) is 6.08 Å². The van der Waals surface area contributed by atoms with Crippen molar-refractivity contribution in [2.24, 2.45) is 0 Å². The van der Waals surface area contributed by atoms with Gasteiger partial charge >= 0.3 is 0 Å². The molecule has 0 saturated carbocycles. The fraction of sp³-hybridized carbons (Fsp3) is 0.118. The molecule has 0 amide bonds. The van der Waals surface area contributed by atoms with Crippen LogP contribution in [0.5, 0.6) is 11.5 Å². The Morgan fingerprint density at radius 2 is 1.75 bits per heavy atom. The largest absolute Gasteiger partial charge is 0.508 e. The molecule has 0 fully saturated rings. The van der Waals surface area contributed by atoms with Crippen molar-refractivity contribution in [2.75, 3.05) is 6.61 Å². The molecule has 2 aromatic rings. The third-order valence-corrected chi connectivity index (χ3v) is 2.77. The molecule has 0 unspecified atom stereocenters. The number of allylic oxidation sites excluding steroid dienone is 1. The maximum absolute atomic E-state index is 12.0. The quantitative estimate of drug-likeness (QED) is 0.664. The Balaban J connectivity index is 2.05. The molecule has 0 atom stereocenters. The number of carbonyl (C=O) groups is 1. The van der Waals surface area contributed by atoms with Crippen LogP contribution < -0.4 is 4.74 Å². The molecule has 102 valence electrons. The Morgan fingerprint density at radius 3 is 2.35 bits per heavy atom. The Labute approximate surface area is 118 Å². The number of ether oxygens (including phenoxy) is 1. The third-order valence-electron chi connectivity index (χ3n) is 2.77. The summed E-state index contributed by atoms with van der Waals surface area (Å²) in [5.41, 5.74) is 1.48. The van der Waals surface area contributed by atoms with Crippen LogP contribution in [-0.2, 0) is 0 Å². The molecule has 0 aromatic heterocycles. The smallest absolute Gasteiger partial charge is 0.185 e. The zero-order chi connectivity index (χ0) is 14.4. The Hall–Kier alpha value is -2.55. The molecule has 0 spiro atoms. The second-order valence-electron chi connectivity index (χ2n) is 4.25. The van der Waals surface area contributed by atoms with E-state index in [1.54, 1.807) is 54.6 Å². The lowest BCUT2D eigenvalue weighted by molar-refractivity contribution is 0.104. The number of hydrogen-bond donors (Lipinski definition) is 1. The fourth-order valence-corrected chi connectivity index (χ4v) is 1.74. The highest BCUT2D eigenvalue weighted by Crippen LogP contribution is 2.14. The molecule has 0 heterocycles. The molecule has 0 saturated heterocycles. The number of rotatable bonds is 5. The minimum Gasteiger partial charge on any atom is -0.508 e. The van der Waals surface area contributed by atoms with E-state index in [0.29, 0.717) is 12.2 Å². The first-order valence-corrected chi connectivity index (χ1v) is 6.43. The predicted octanol–water partition coefficient (Wildman–Crippen LogP) is 3.69. The standard InChI is InChI=1S/C17H16O3/c1-2-20-16-10-6-14(7-11-16)17(19)12-5-13-3-8-15(18)9-4-13/h3-12,18H,2H2,1H3/b12-5+. The average molecular weight is 268 g/mol. The van der Waals surface area contributed by atoms with E-state index in [1.165, 1.54) is 6.08 Å². The summed E-state index contributed by atoms with van der Waals surface area (Å²) in [4.78, 5) is 12.0. The summed E-state index contributed by atoms with van der Waals surface area (Å²) in [6.45, 7) is 2.52. The van der Waals surface area contributed by atoms with Gasteiger partial charge in [-0.3, -0.25) is 4.79 Å². The topological polar surface area (TPSA) is 46.5 Å². The molecule has 0 radical (unpaired) electrons. The number of aromatic hydroxyl groups is 1. The van der Waals surface area contributed by atoms with E-state index in [2.05, 4.69) is 0 Å². The third kappa shape index (κ3) is 3.72. The Kier molecular flexibility index (Phi) is 4.56. The van der Waals surface area contributed by atoms with Crippen LogP contribution >= 0.6 is 0 Å². The molecule has 2 rings (SSSR count). The minimum absolute atomic E-state index is 0.0684. The van der Waals surface area contributed by atoms with Gasteiger partial charge in [-0.2, -0.15) is 0 Å². The molecule has 3 nitrogen and oxygen atoms in total. The van der Waals surface area contributed by atoms with E-state index >= 15 is 0 Å². The number of ketones is 1. The van der Waals surface area contributed by atoms with Crippen LogP contribution in [0.4, 0.5) is 0 Å². The summed E-state index contributed by atoms with van der Waals surface area (Å²) in [5.74, 6) is 0.896. The van der Waals surface area contributed by atoms with Gasteiger partial charge in [-0.15, -0.1) is 0 Å². The van der Waals surface area contributed by atoms with Gasteiger partial charge < -0.3 is 9.84 Å². The van der Waals surface area contributed by atoms with Crippen LogP contribution in [0.3, 0.4) is 0 Å². The highest BCUT2D eigenvalue weighted by atomic mass is 16.5. The number of benzene rings is 2. The van der Waals surface area contributed by atoms with Crippen molar-refractivity contribution >= 4 is 11.9 Å². The fourth-order valence-electron chi connectivity index (χ4n) is 1.74. The van der Waals surface area contributed by atoms with Gasteiger partial charge in [0.25, 0.3) is 0 Å². The molecule has 0 aliphatic rings. The average Bonchev–Trinajstić information content (AvgIpc) is 2.47. The van der Waals surface area contributed by atoms with Gasteiger partial charge in [0, 0.05) is 5.56 Å². The molecule has 0 bridgehead atoms. The van der Waals surface area contributed by atoms with Crippen LogP contribution in [-0.4, -0.2) is 17.5 Å². The van der Waals surface area contributed by atoms with Crippen LogP contribution in [0.1, 0.15) is 22.8 Å². The summed E-state index contributed by atoms with van der Waals surface area (Å²) >= 11 is 0. The molecule has 0 aliphatic heterocycles. The lowest BCUT2D eigenvalue weighted by Crippen LogP contribution is -1.95. The lowest BCUT2D eigenvalue weighted by Gasteiger charge is -2.02. The molecular weight excluding hydrogens is 252 g/mol. The molecule has 1 N–H and O–H groups in total. The van der Waals surface area contributed by atoms with Crippen molar-refractivity contribution in [3.05, 3.63) is 65.7 Å². The van der Waals surface area contributed by atoms with Crippen LogP contribution in [0.15, 0.2) is 54.6 Å². The monoisotopic (exact) mass is 268 g/mol. The van der Waals surface area contributed by atoms with E-state index in [0.717, 1.165) is 11.3 Å². The van der Waals surface area contributed by atoms with E-state index in [-0.39, 0.29) is 11.5 Å². The first kappa shape index (κ1) is 13.9. The van der Waals surface area contributed by atoms with E-state index < -0.39 is 0 Å². The SMILES string of the molecule is CCOc1ccc(C(=O)/C=C/c2ccc(O)cc2)cc1. The maximum Gasteiger partial charge on any atom is 0.185 e. The van der Waals surface area contributed by atoms with Crippen LogP contribution in [0.2, 0.25) is 0 Å². The Bertz CT molecular complexity index is 595. The van der Waals surface area contributed by atoms with Crippen molar-refractivity contribution in [1.82, 2.24) is 0 Å². The normalized spacial score (nSPS) is 10.7. The van der Waals surface area contributed by atoms with Crippen molar-refractivity contribution in [1.29, 1.82) is 0 Å². The van der Waals surface area contributed by atoms with Gasteiger partial charge in [0.1, 0.15) is 11.5 Å². The summed E-state index contributed by atoms with van der Waals surface area (Å²) in [5, 5.41) is 9.18. The minimum atomic E-state index is -0.0684. The van der Waals surface area contributed by atoms with Gasteiger partial charge in [-0.25, -0.2) is 0 Å². The molecule has 0 aliphatic carbocycles. The number of phenols is 1. The summed E-state index contributed by atoms with van der Waals surface area (Å²) in [6, 6.07) is 13.7. The Morgan fingerprint density at radius 1 is 1.10 bits per heavy atom. The highest BCUT2D eigenvalue weighted by molar-refractivity contribution is 6.06. The molecule has 2 aromatic carbocycles. The number of carbonyl (C=O) groups excluding carboxylic acids is 1. The highest BCUT2D eigenvalue weighted by Gasteiger charge is 2.02. The zero-order valence-corrected chi connectivity index (χ0v) is 11.2. The summed E-state index contributed by atoms with van der Waals surface area (Å²) in [7, 11) is 0. The molecule has 20 heavy (non-hydrogen) atoms. The van der Waals surface area contributed by atoms with Gasteiger partial charge in [0.2, 0.25) is 0 Å². The van der Waals surface area contributed by atoms with E-state index in [1.807, 2.05) is 6.92 Å². The van der Waals surface area contributed by atoms with Gasteiger partial charge in [-0.1, -0.05) is 18.2 Å². The lowest BCUT2D eigenvalue weighted by atomic mass is 10.1. The second-order valence-corrected chi connectivity index (χ2v) is 4.25. The first-order chi connectivity index (χ1) is 9.69. The molecular formula is C17H16O3. The number of hydrogen-bond acceptors (Lipinski definition) is 3.